The Labute approximate surface area is 85.5 Å². The standard InChI is InChI=1S/C9H6Cl2N2/c1-5-9-7(11)2-6(10)3-8(9)13-4-12-5/h2-4H,1H3. The third-order valence-electron chi connectivity index (χ3n) is 1.84. The van der Waals surface area contributed by atoms with Crippen molar-refractivity contribution in [1.29, 1.82) is 0 Å². The first kappa shape index (κ1) is 8.73. The van der Waals surface area contributed by atoms with Crippen molar-refractivity contribution in [2.75, 3.05) is 0 Å². The molecule has 1 aromatic carbocycles. The van der Waals surface area contributed by atoms with Gasteiger partial charge in [0, 0.05) is 16.1 Å². The molecular weight excluding hydrogens is 207 g/mol. The van der Waals surface area contributed by atoms with E-state index in [1.165, 1.54) is 6.33 Å². The van der Waals surface area contributed by atoms with Gasteiger partial charge in [0.05, 0.1) is 10.5 Å². The molecule has 0 aliphatic rings. The van der Waals surface area contributed by atoms with E-state index in [1.54, 1.807) is 12.1 Å². The number of halogens is 2. The molecule has 1 aromatic heterocycles. The molecule has 0 aliphatic heterocycles. The van der Waals surface area contributed by atoms with E-state index in [1.807, 2.05) is 6.92 Å². The van der Waals surface area contributed by atoms with E-state index in [0.717, 1.165) is 16.6 Å². The molecule has 1 heterocycles. The Balaban J connectivity index is 2.94. The van der Waals surface area contributed by atoms with Crippen LogP contribution in [-0.4, -0.2) is 9.97 Å². The van der Waals surface area contributed by atoms with Gasteiger partial charge in [-0.05, 0) is 19.1 Å². The van der Waals surface area contributed by atoms with E-state index in [4.69, 9.17) is 23.2 Å². The highest BCUT2D eigenvalue weighted by Crippen LogP contribution is 2.27. The summed E-state index contributed by atoms with van der Waals surface area (Å²) in [7, 11) is 0. The van der Waals surface area contributed by atoms with Crippen molar-refractivity contribution in [2.45, 2.75) is 6.92 Å². The van der Waals surface area contributed by atoms with Gasteiger partial charge in [-0.25, -0.2) is 9.97 Å². The summed E-state index contributed by atoms with van der Waals surface area (Å²) in [5.41, 5.74) is 1.65. The summed E-state index contributed by atoms with van der Waals surface area (Å²) in [6, 6.07) is 3.47. The molecule has 66 valence electrons. The topological polar surface area (TPSA) is 25.8 Å². The Bertz CT molecular complexity index is 468. The first-order chi connectivity index (χ1) is 6.18. The number of fused-ring (bicyclic) bond motifs is 1. The maximum atomic E-state index is 6.00. The Morgan fingerprint density at radius 1 is 1.15 bits per heavy atom. The van der Waals surface area contributed by atoms with Crippen LogP contribution < -0.4 is 0 Å². The lowest BCUT2D eigenvalue weighted by Crippen LogP contribution is -1.87. The highest BCUT2D eigenvalue weighted by molar-refractivity contribution is 6.38. The van der Waals surface area contributed by atoms with Crippen molar-refractivity contribution in [3.05, 3.63) is 34.2 Å². The normalized spacial score (nSPS) is 10.7. The van der Waals surface area contributed by atoms with Crippen molar-refractivity contribution >= 4 is 34.1 Å². The lowest BCUT2D eigenvalue weighted by molar-refractivity contribution is 1.15. The second-order valence-corrected chi connectivity index (χ2v) is 3.58. The Morgan fingerprint density at radius 2 is 1.92 bits per heavy atom. The quantitative estimate of drug-likeness (QED) is 0.671. The second kappa shape index (κ2) is 3.13. The number of hydrogen-bond acceptors (Lipinski definition) is 2. The number of benzene rings is 1. The van der Waals surface area contributed by atoms with Gasteiger partial charge < -0.3 is 0 Å². The number of aromatic nitrogens is 2. The minimum atomic E-state index is 0.593. The van der Waals surface area contributed by atoms with Gasteiger partial charge in [0.15, 0.2) is 0 Å². The van der Waals surface area contributed by atoms with E-state index < -0.39 is 0 Å². The molecule has 2 nitrogen and oxygen atoms in total. The van der Waals surface area contributed by atoms with Crippen LogP contribution in [0.4, 0.5) is 0 Å². The van der Waals surface area contributed by atoms with Crippen molar-refractivity contribution < 1.29 is 0 Å². The summed E-state index contributed by atoms with van der Waals surface area (Å²) in [5, 5.41) is 2.06. The molecule has 4 heteroatoms. The number of hydrogen-bond donors (Lipinski definition) is 0. The zero-order valence-corrected chi connectivity index (χ0v) is 8.39. The monoisotopic (exact) mass is 212 g/mol. The molecule has 0 saturated heterocycles. The van der Waals surface area contributed by atoms with Crippen molar-refractivity contribution in [2.24, 2.45) is 0 Å². The summed E-state index contributed by atoms with van der Waals surface area (Å²) in [6.45, 7) is 1.89. The molecule has 0 unspecified atom stereocenters. The molecule has 0 amide bonds. The average Bonchev–Trinajstić information content (AvgIpc) is 2.02. The van der Waals surface area contributed by atoms with Crippen LogP contribution in [0.3, 0.4) is 0 Å². The highest BCUT2D eigenvalue weighted by Gasteiger charge is 2.05. The summed E-state index contributed by atoms with van der Waals surface area (Å²) in [5.74, 6) is 0. The molecule has 0 bridgehead atoms. The highest BCUT2D eigenvalue weighted by atomic mass is 35.5. The van der Waals surface area contributed by atoms with Gasteiger partial charge in [0.1, 0.15) is 6.33 Å². The first-order valence-electron chi connectivity index (χ1n) is 3.75. The third kappa shape index (κ3) is 1.47. The van der Waals surface area contributed by atoms with Crippen LogP contribution in [0.2, 0.25) is 10.0 Å². The summed E-state index contributed by atoms with van der Waals surface area (Å²) in [6.07, 6.45) is 1.50. The fourth-order valence-corrected chi connectivity index (χ4v) is 1.88. The minimum absolute atomic E-state index is 0.593. The number of rotatable bonds is 0. The van der Waals surface area contributed by atoms with E-state index in [2.05, 4.69) is 9.97 Å². The summed E-state index contributed by atoms with van der Waals surface area (Å²) in [4.78, 5) is 8.14. The molecule has 0 radical (unpaired) electrons. The van der Waals surface area contributed by atoms with E-state index in [0.29, 0.717) is 10.0 Å². The molecule has 0 saturated carbocycles. The van der Waals surface area contributed by atoms with Gasteiger partial charge in [0.25, 0.3) is 0 Å². The molecule has 0 atom stereocenters. The minimum Gasteiger partial charge on any atom is -0.241 e. The molecular formula is C9H6Cl2N2. The molecule has 13 heavy (non-hydrogen) atoms. The lowest BCUT2D eigenvalue weighted by Gasteiger charge is -2.02. The van der Waals surface area contributed by atoms with Crippen molar-refractivity contribution in [3.63, 3.8) is 0 Å². The van der Waals surface area contributed by atoms with Crippen LogP contribution in [0.15, 0.2) is 18.5 Å². The van der Waals surface area contributed by atoms with E-state index in [9.17, 15) is 0 Å². The van der Waals surface area contributed by atoms with Crippen LogP contribution in [0, 0.1) is 6.92 Å². The SMILES string of the molecule is Cc1ncnc2cc(Cl)cc(Cl)c12. The van der Waals surface area contributed by atoms with Gasteiger partial charge in [-0.2, -0.15) is 0 Å². The number of nitrogens with zero attached hydrogens (tertiary/aromatic N) is 2. The maximum absolute atomic E-state index is 6.00. The zero-order valence-electron chi connectivity index (χ0n) is 6.88. The van der Waals surface area contributed by atoms with Gasteiger partial charge in [0.2, 0.25) is 0 Å². The molecule has 2 rings (SSSR count). The molecule has 0 N–H and O–H groups in total. The van der Waals surface area contributed by atoms with Crippen LogP contribution in [-0.2, 0) is 0 Å². The second-order valence-electron chi connectivity index (χ2n) is 2.74. The maximum Gasteiger partial charge on any atom is 0.116 e. The Morgan fingerprint density at radius 3 is 2.69 bits per heavy atom. The van der Waals surface area contributed by atoms with E-state index in [-0.39, 0.29) is 0 Å². The van der Waals surface area contributed by atoms with Gasteiger partial charge in [-0.1, -0.05) is 23.2 Å². The lowest BCUT2D eigenvalue weighted by atomic mass is 10.2. The Kier molecular flexibility index (Phi) is 2.10. The van der Waals surface area contributed by atoms with Crippen LogP contribution in [0.25, 0.3) is 10.9 Å². The first-order valence-corrected chi connectivity index (χ1v) is 4.50. The zero-order chi connectivity index (χ0) is 9.42. The van der Waals surface area contributed by atoms with Crippen LogP contribution >= 0.6 is 23.2 Å². The van der Waals surface area contributed by atoms with Crippen molar-refractivity contribution in [3.8, 4) is 0 Å². The third-order valence-corrected chi connectivity index (χ3v) is 2.36. The fraction of sp³-hybridized carbons (Fsp3) is 0.111. The Hall–Kier alpha value is -0.860. The number of aryl methyl sites for hydroxylation is 1. The molecule has 0 fully saturated rings. The fourth-order valence-electron chi connectivity index (χ4n) is 1.26. The molecule has 0 spiro atoms. The summed E-state index contributed by atoms with van der Waals surface area (Å²) >= 11 is 11.8. The molecule has 2 aromatic rings. The summed E-state index contributed by atoms with van der Waals surface area (Å²) < 4.78 is 0. The van der Waals surface area contributed by atoms with Crippen LogP contribution in [0.5, 0.6) is 0 Å². The van der Waals surface area contributed by atoms with Gasteiger partial charge >= 0.3 is 0 Å². The smallest absolute Gasteiger partial charge is 0.116 e. The predicted octanol–water partition coefficient (Wildman–Crippen LogP) is 3.25. The van der Waals surface area contributed by atoms with E-state index >= 15 is 0 Å². The average molecular weight is 213 g/mol. The predicted molar refractivity (Wildman–Crippen MR) is 54.3 cm³/mol. The van der Waals surface area contributed by atoms with Gasteiger partial charge in [-0.3, -0.25) is 0 Å². The largest absolute Gasteiger partial charge is 0.241 e. The van der Waals surface area contributed by atoms with Crippen LogP contribution in [0.1, 0.15) is 5.69 Å². The van der Waals surface area contributed by atoms with Gasteiger partial charge in [-0.15, -0.1) is 0 Å². The van der Waals surface area contributed by atoms with Crippen molar-refractivity contribution in [1.82, 2.24) is 9.97 Å². The molecule has 0 aliphatic carbocycles.